The van der Waals surface area contributed by atoms with Crippen LogP contribution in [0.2, 0.25) is 0 Å². The van der Waals surface area contributed by atoms with Crippen LogP contribution < -0.4 is 5.32 Å². The van der Waals surface area contributed by atoms with Gasteiger partial charge in [-0.15, -0.1) is 0 Å². The van der Waals surface area contributed by atoms with Crippen molar-refractivity contribution < 1.29 is 9.53 Å². The predicted molar refractivity (Wildman–Crippen MR) is 76.0 cm³/mol. The predicted octanol–water partition coefficient (Wildman–Crippen LogP) is 1.65. The van der Waals surface area contributed by atoms with Gasteiger partial charge in [0, 0.05) is 38.2 Å². The molecule has 2 rings (SSSR count). The van der Waals surface area contributed by atoms with Crippen LogP contribution in [0.3, 0.4) is 0 Å². The van der Waals surface area contributed by atoms with Gasteiger partial charge in [0.05, 0.1) is 6.61 Å². The van der Waals surface area contributed by atoms with Crippen molar-refractivity contribution >= 4 is 5.91 Å². The highest BCUT2D eigenvalue weighted by atomic mass is 16.5. The summed E-state index contributed by atoms with van der Waals surface area (Å²) in [4.78, 5) is 14.1. The van der Waals surface area contributed by atoms with Gasteiger partial charge in [-0.25, -0.2) is 0 Å². The van der Waals surface area contributed by atoms with E-state index in [2.05, 4.69) is 24.1 Å². The quantitative estimate of drug-likeness (QED) is 0.796. The van der Waals surface area contributed by atoms with E-state index in [-0.39, 0.29) is 0 Å². The summed E-state index contributed by atoms with van der Waals surface area (Å²) in [5.41, 5.74) is 0. The number of amides is 1. The first-order valence-electron chi connectivity index (χ1n) is 7.65. The molecule has 1 saturated heterocycles. The molecule has 4 heteroatoms. The second-order valence-corrected chi connectivity index (χ2v) is 6.35. The third-order valence-corrected chi connectivity index (χ3v) is 4.33. The molecule has 19 heavy (non-hydrogen) atoms. The van der Waals surface area contributed by atoms with Crippen LogP contribution in [-0.2, 0) is 9.53 Å². The molecule has 0 radical (unpaired) electrons. The summed E-state index contributed by atoms with van der Waals surface area (Å²) < 4.78 is 5.28. The summed E-state index contributed by atoms with van der Waals surface area (Å²) in [5, 5.41) is 3.70. The number of piperidine rings is 1. The number of likely N-dealkylation sites (tertiary alicyclic amines) is 1. The van der Waals surface area contributed by atoms with Crippen molar-refractivity contribution in [3.05, 3.63) is 0 Å². The molecule has 1 heterocycles. The smallest absolute Gasteiger partial charge is 0.225 e. The highest BCUT2D eigenvalue weighted by molar-refractivity contribution is 5.81. The number of methoxy groups -OCH3 is 1. The molecular formula is C15H28N2O2. The molecule has 1 aliphatic heterocycles. The molecule has 0 spiro atoms. The van der Waals surface area contributed by atoms with Crippen LogP contribution in [0.25, 0.3) is 0 Å². The van der Waals surface area contributed by atoms with Gasteiger partial charge >= 0.3 is 0 Å². The minimum absolute atomic E-state index is 0.362. The molecule has 1 atom stereocenters. The maximum Gasteiger partial charge on any atom is 0.225 e. The van der Waals surface area contributed by atoms with E-state index in [0.717, 1.165) is 45.4 Å². The van der Waals surface area contributed by atoms with Crippen molar-refractivity contribution in [2.24, 2.45) is 11.8 Å². The Balaban J connectivity index is 1.74. The molecule has 2 aliphatic rings. The zero-order valence-corrected chi connectivity index (χ0v) is 12.5. The third kappa shape index (κ3) is 4.18. The van der Waals surface area contributed by atoms with E-state index in [1.165, 1.54) is 0 Å². The van der Waals surface area contributed by atoms with E-state index in [9.17, 15) is 4.79 Å². The molecule has 0 aromatic rings. The van der Waals surface area contributed by atoms with E-state index in [1.807, 2.05) is 0 Å². The van der Waals surface area contributed by atoms with Crippen molar-refractivity contribution in [3.63, 3.8) is 0 Å². The minimum atomic E-state index is 0.362. The maximum atomic E-state index is 12.0. The number of rotatable bonds is 6. The van der Waals surface area contributed by atoms with Gasteiger partial charge in [-0.1, -0.05) is 13.8 Å². The van der Waals surface area contributed by atoms with Gasteiger partial charge in [0.2, 0.25) is 5.91 Å². The van der Waals surface area contributed by atoms with Crippen LogP contribution in [0.5, 0.6) is 0 Å². The molecule has 1 amide bonds. The highest BCUT2D eigenvalue weighted by Crippen LogP contribution is 2.31. The number of carbonyl (C=O) groups excluding carboxylic acids is 1. The van der Waals surface area contributed by atoms with Gasteiger partial charge in [0.1, 0.15) is 0 Å². The number of carbonyl (C=O) groups is 1. The molecule has 1 N–H and O–H groups in total. The number of ether oxygens (including phenoxy) is 1. The lowest BCUT2D eigenvalue weighted by Crippen LogP contribution is -2.50. The molecule has 1 saturated carbocycles. The largest absolute Gasteiger partial charge is 0.383 e. The fourth-order valence-corrected chi connectivity index (χ4v) is 2.77. The molecule has 0 aromatic carbocycles. The topological polar surface area (TPSA) is 41.6 Å². The second-order valence-electron chi connectivity index (χ2n) is 6.35. The Morgan fingerprint density at radius 1 is 1.26 bits per heavy atom. The number of nitrogens with one attached hydrogen (secondary N) is 1. The lowest BCUT2D eigenvalue weighted by molar-refractivity contribution is -0.133. The maximum absolute atomic E-state index is 12.0. The van der Waals surface area contributed by atoms with Gasteiger partial charge in [-0.2, -0.15) is 0 Å². The van der Waals surface area contributed by atoms with Crippen molar-refractivity contribution in [2.45, 2.75) is 51.6 Å². The molecular weight excluding hydrogens is 240 g/mol. The van der Waals surface area contributed by atoms with Gasteiger partial charge in [-0.3, -0.25) is 4.79 Å². The normalized spacial score (nSPS) is 22.8. The standard InChI is InChI=1S/C15H28N2O2/c1-11(2)14(10-19-3)16-13-6-8-17(9-7-13)15(18)12-4-5-12/h11-14,16H,4-10H2,1-3H3. The summed E-state index contributed by atoms with van der Waals surface area (Å²) in [6.45, 7) is 7.05. The van der Waals surface area contributed by atoms with Gasteiger partial charge in [0.25, 0.3) is 0 Å². The Morgan fingerprint density at radius 2 is 1.89 bits per heavy atom. The van der Waals surface area contributed by atoms with Crippen LogP contribution in [0.4, 0.5) is 0 Å². The summed E-state index contributed by atoms with van der Waals surface area (Å²) in [5.74, 6) is 1.34. The van der Waals surface area contributed by atoms with Crippen LogP contribution in [0.15, 0.2) is 0 Å². The van der Waals surface area contributed by atoms with Crippen LogP contribution in [-0.4, -0.2) is 49.7 Å². The van der Waals surface area contributed by atoms with Crippen molar-refractivity contribution in [1.82, 2.24) is 10.2 Å². The zero-order chi connectivity index (χ0) is 13.8. The first kappa shape index (κ1) is 14.8. The number of hydrogen-bond acceptors (Lipinski definition) is 3. The van der Waals surface area contributed by atoms with Crippen LogP contribution in [0, 0.1) is 11.8 Å². The van der Waals surface area contributed by atoms with Gasteiger partial charge in [-0.05, 0) is 31.6 Å². The first-order chi connectivity index (χ1) is 9.11. The Kier molecular flexibility index (Phi) is 5.22. The number of nitrogens with zero attached hydrogens (tertiary/aromatic N) is 1. The molecule has 110 valence electrons. The molecule has 4 nitrogen and oxygen atoms in total. The average molecular weight is 268 g/mol. The molecule has 0 bridgehead atoms. The monoisotopic (exact) mass is 268 g/mol. The average Bonchev–Trinajstić information content (AvgIpc) is 3.22. The Labute approximate surface area is 116 Å². The van der Waals surface area contributed by atoms with Crippen LogP contribution >= 0.6 is 0 Å². The van der Waals surface area contributed by atoms with E-state index in [1.54, 1.807) is 7.11 Å². The molecule has 2 fully saturated rings. The van der Waals surface area contributed by atoms with Crippen LogP contribution in [0.1, 0.15) is 39.5 Å². The first-order valence-corrected chi connectivity index (χ1v) is 7.65. The highest BCUT2D eigenvalue weighted by Gasteiger charge is 2.35. The fraction of sp³-hybridized carbons (Fsp3) is 0.933. The van der Waals surface area contributed by atoms with E-state index in [4.69, 9.17) is 4.74 Å². The van der Waals surface area contributed by atoms with Crippen molar-refractivity contribution in [3.8, 4) is 0 Å². The second kappa shape index (κ2) is 6.71. The summed E-state index contributed by atoms with van der Waals surface area (Å²) in [6, 6.07) is 0.950. The van der Waals surface area contributed by atoms with Crippen molar-refractivity contribution in [2.75, 3.05) is 26.8 Å². The zero-order valence-electron chi connectivity index (χ0n) is 12.5. The molecule has 1 unspecified atom stereocenters. The minimum Gasteiger partial charge on any atom is -0.383 e. The summed E-state index contributed by atoms with van der Waals surface area (Å²) in [7, 11) is 1.76. The van der Waals surface area contributed by atoms with Gasteiger partial charge < -0.3 is 15.0 Å². The molecule has 0 aromatic heterocycles. The van der Waals surface area contributed by atoms with Gasteiger partial charge in [0.15, 0.2) is 0 Å². The van der Waals surface area contributed by atoms with E-state index < -0.39 is 0 Å². The number of hydrogen-bond donors (Lipinski definition) is 1. The summed E-state index contributed by atoms with van der Waals surface area (Å²) in [6.07, 6.45) is 4.37. The Morgan fingerprint density at radius 3 is 2.37 bits per heavy atom. The van der Waals surface area contributed by atoms with E-state index >= 15 is 0 Å². The summed E-state index contributed by atoms with van der Waals surface area (Å²) >= 11 is 0. The fourth-order valence-electron chi connectivity index (χ4n) is 2.77. The third-order valence-electron chi connectivity index (χ3n) is 4.33. The Hall–Kier alpha value is -0.610. The SMILES string of the molecule is COCC(NC1CCN(C(=O)C2CC2)CC1)C(C)C. The Bertz CT molecular complexity index is 295. The van der Waals surface area contributed by atoms with E-state index in [0.29, 0.717) is 29.8 Å². The lowest BCUT2D eigenvalue weighted by Gasteiger charge is -2.35. The molecule has 1 aliphatic carbocycles. The lowest BCUT2D eigenvalue weighted by atomic mass is 9.99. The van der Waals surface area contributed by atoms with Crippen molar-refractivity contribution in [1.29, 1.82) is 0 Å².